The van der Waals surface area contributed by atoms with E-state index < -0.39 is 11.7 Å². The van der Waals surface area contributed by atoms with E-state index >= 15 is 0 Å². The minimum Gasteiger partial charge on any atom is -0.305 e. The molecule has 110 valence electrons. The molecule has 0 fully saturated rings. The van der Waals surface area contributed by atoms with Crippen LogP contribution in [-0.4, -0.2) is 18.2 Å². The maximum Gasteiger partial charge on any atom is 0.299 e. The number of unbranched alkanes of at least 4 members (excludes halogenated alkanes) is 1. The van der Waals surface area contributed by atoms with E-state index in [4.69, 9.17) is 5.26 Å². The number of carbonyl (C=O) groups is 2. The summed E-state index contributed by atoms with van der Waals surface area (Å²) in [7, 11) is 0. The first-order valence-corrected chi connectivity index (χ1v) is 7.24. The largest absolute Gasteiger partial charge is 0.305 e. The van der Waals surface area contributed by atoms with Gasteiger partial charge in [-0.25, -0.2) is 0 Å². The van der Waals surface area contributed by atoms with Gasteiger partial charge in [-0.15, -0.1) is 0 Å². The summed E-state index contributed by atoms with van der Waals surface area (Å²) in [6.45, 7) is 6.26. The molecule has 21 heavy (non-hydrogen) atoms. The van der Waals surface area contributed by atoms with Gasteiger partial charge >= 0.3 is 0 Å². The molecule has 0 saturated heterocycles. The summed E-state index contributed by atoms with van der Waals surface area (Å²) in [6, 6.07) is 7.80. The Morgan fingerprint density at radius 2 is 1.95 bits per heavy atom. The Bertz CT molecular complexity index is 626. The van der Waals surface area contributed by atoms with Gasteiger partial charge in [0, 0.05) is 6.54 Å². The van der Waals surface area contributed by atoms with Gasteiger partial charge in [0.05, 0.1) is 22.7 Å². The number of anilines is 1. The summed E-state index contributed by atoms with van der Waals surface area (Å²) >= 11 is 0. The van der Waals surface area contributed by atoms with E-state index in [1.807, 2.05) is 32.9 Å². The molecule has 0 unspecified atom stereocenters. The average molecular weight is 284 g/mol. The van der Waals surface area contributed by atoms with Crippen molar-refractivity contribution in [1.82, 2.24) is 0 Å². The summed E-state index contributed by atoms with van der Waals surface area (Å²) in [5.41, 5.74) is 1.87. The minimum atomic E-state index is -0.435. The van der Waals surface area contributed by atoms with E-state index in [1.165, 1.54) is 0 Å². The summed E-state index contributed by atoms with van der Waals surface area (Å²) in [4.78, 5) is 25.6. The van der Waals surface area contributed by atoms with Crippen LogP contribution in [0.1, 0.15) is 49.0 Å². The number of benzene rings is 1. The number of ketones is 1. The summed E-state index contributed by atoms with van der Waals surface area (Å²) < 4.78 is 0. The molecule has 2 rings (SSSR count). The Morgan fingerprint density at radius 3 is 2.62 bits per heavy atom. The summed E-state index contributed by atoms with van der Waals surface area (Å²) in [6.07, 6.45) is 2.44. The highest BCUT2D eigenvalue weighted by atomic mass is 16.2. The number of aryl methyl sites for hydroxylation is 1. The highest BCUT2D eigenvalue weighted by Gasteiger charge is 2.35. The van der Waals surface area contributed by atoms with Crippen molar-refractivity contribution < 1.29 is 9.59 Å². The van der Waals surface area contributed by atoms with Gasteiger partial charge in [-0.1, -0.05) is 18.1 Å². The van der Waals surface area contributed by atoms with Crippen molar-refractivity contribution in [2.45, 2.75) is 40.0 Å². The second-order valence-corrected chi connectivity index (χ2v) is 6.26. The zero-order chi connectivity index (χ0) is 15.6. The molecule has 0 atom stereocenters. The standard InChI is InChI=1S/C17H20N2O2/c1-12-6-7-14-13(10-12)15(20)16(21)19(14)9-5-4-8-17(2,3)11-18/h6-7,10H,4-5,8-9H2,1-3H3. The quantitative estimate of drug-likeness (QED) is 0.616. The first-order valence-electron chi connectivity index (χ1n) is 7.24. The Kier molecular flexibility index (Phi) is 4.13. The second-order valence-electron chi connectivity index (χ2n) is 6.26. The molecule has 1 aromatic carbocycles. The van der Waals surface area contributed by atoms with Crippen LogP contribution in [-0.2, 0) is 4.79 Å². The molecule has 0 aromatic heterocycles. The van der Waals surface area contributed by atoms with Crippen LogP contribution in [0.5, 0.6) is 0 Å². The van der Waals surface area contributed by atoms with E-state index in [1.54, 1.807) is 11.0 Å². The van der Waals surface area contributed by atoms with Crippen LogP contribution in [0.25, 0.3) is 0 Å². The van der Waals surface area contributed by atoms with Crippen LogP contribution >= 0.6 is 0 Å². The molecule has 1 heterocycles. The number of hydrogen-bond acceptors (Lipinski definition) is 3. The molecule has 0 aliphatic carbocycles. The molecule has 0 spiro atoms. The maximum atomic E-state index is 12.0. The maximum absolute atomic E-state index is 12.0. The van der Waals surface area contributed by atoms with Crippen molar-refractivity contribution in [3.05, 3.63) is 29.3 Å². The lowest BCUT2D eigenvalue weighted by Gasteiger charge is -2.18. The first-order chi connectivity index (χ1) is 9.85. The molecule has 0 bridgehead atoms. The number of fused-ring (bicyclic) bond motifs is 1. The van der Waals surface area contributed by atoms with Crippen molar-refractivity contribution in [3.63, 3.8) is 0 Å². The van der Waals surface area contributed by atoms with Gasteiger partial charge in [-0.3, -0.25) is 9.59 Å². The molecule has 1 amide bonds. The fourth-order valence-electron chi connectivity index (χ4n) is 2.53. The fraction of sp³-hybridized carbons (Fsp3) is 0.471. The first kappa shape index (κ1) is 15.2. The number of rotatable bonds is 5. The lowest BCUT2D eigenvalue weighted by atomic mass is 9.89. The Morgan fingerprint density at radius 1 is 1.24 bits per heavy atom. The van der Waals surface area contributed by atoms with Crippen LogP contribution < -0.4 is 4.90 Å². The smallest absolute Gasteiger partial charge is 0.299 e. The predicted octanol–water partition coefficient (Wildman–Crippen LogP) is 3.24. The third kappa shape index (κ3) is 3.13. The van der Waals surface area contributed by atoms with E-state index in [-0.39, 0.29) is 5.41 Å². The van der Waals surface area contributed by atoms with E-state index in [0.29, 0.717) is 12.1 Å². The highest BCUT2D eigenvalue weighted by Crippen LogP contribution is 2.30. The van der Waals surface area contributed by atoms with E-state index in [0.717, 1.165) is 30.5 Å². The van der Waals surface area contributed by atoms with Gasteiger partial charge in [0.2, 0.25) is 0 Å². The Balaban J connectivity index is 2.01. The lowest BCUT2D eigenvalue weighted by molar-refractivity contribution is -0.114. The zero-order valence-electron chi connectivity index (χ0n) is 12.8. The molecular formula is C17H20N2O2. The molecule has 1 aromatic rings. The van der Waals surface area contributed by atoms with Crippen LogP contribution in [0.4, 0.5) is 5.69 Å². The molecule has 4 heteroatoms. The van der Waals surface area contributed by atoms with Gasteiger partial charge in [0.25, 0.3) is 11.7 Å². The van der Waals surface area contributed by atoms with Crippen molar-refractivity contribution >= 4 is 17.4 Å². The van der Waals surface area contributed by atoms with E-state index in [9.17, 15) is 9.59 Å². The monoisotopic (exact) mass is 284 g/mol. The van der Waals surface area contributed by atoms with Crippen LogP contribution in [0.3, 0.4) is 0 Å². The topological polar surface area (TPSA) is 61.2 Å². The zero-order valence-corrected chi connectivity index (χ0v) is 12.8. The highest BCUT2D eigenvalue weighted by molar-refractivity contribution is 6.52. The van der Waals surface area contributed by atoms with Crippen molar-refractivity contribution in [2.24, 2.45) is 5.41 Å². The van der Waals surface area contributed by atoms with Crippen molar-refractivity contribution in [3.8, 4) is 6.07 Å². The molecule has 4 nitrogen and oxygen atoms in total. The van der Waals surface area contributed by atoms with Crippen LogP contribution in [0.2, 0.25) is 0 Å². The number of hydrogen-bond donors (Lipinski definition) is 0. The number of carbonyl (C=O) groups excluding carboxylic acids is 2. The Hall–Kier alpha value is -2.15. The summed E-state index contributed by atoms with van der Waals surface area (Å²) in [5, 5.41) is 8.98. The number of amides is 1. The van der Waals surface area contributed by atoms with Gasteiger partial charge in [-0.05, 0) is 45.7 Å². The minimum absolute atomic E-state index is 0.333. The van der Waals surface area contributed by atoms with Crippen molar-refractivity contribution in [1.29, 1.82) is 5.26 Å². The molecule has 0 saturated carbocycles. The molecule has 0 radical (unpaired) electrons. The number of nitriles is 1. The number of Topliss-reactive ketones (excluding diaryl/α,β-unsaturated/α-hetero) is 1. The third-order valence-electron chi connectivity index (χ3n) is 3.86. The van der Waals surface area contributed by atoms with Gasteiger partial charge in [-0.2, -0.15) is 5.26 Å². The molecule has 1 aliphatic rings. The molecule has 0 N–H and O–H groups in total. The molecule has 1 aliphatic heterocycles. The molecular weight excluding hydrogens is 264 g/mol. The van der Waals surface area contributed by atoms with Gasteiger partial charge in [0.1, 0.15) is 0 Å². The average Bonchev–Trinajstić information content (AvgIpc) is 2.68. The SMILES string of the molecule is Cc1ccc2c(c1)C(=O)C(=O)N2CCCCC(C)(C)C#N. The predicted molar refractivity (Wildman–Crippen MR) is 81.1 cm³/mol. The Labute approximate surface area is 125 Å². The fourth-order valence-corrected chi connectivity index (χ4v) is 2.53. The van der Waals surface area contributed by atoms with Gasteiger partial charge < -0.3 is 4.90 Å². The normalized spacial score (nSPS) is 14.3. The third-order valence-corrected chi connectivity index (χ3v) is 3.86. The van der Waals surface area contributed by atoms with E-state index in [2.05, 4.69) is 6.07 Å². The lowest BCUT2D eigenvalue weighted by Crippen LogP contribution is -2.30. The second kappa shape index (κ2) is 5.69. The summed E-state index contributed by atoms with van der Waals surface area (Å²) in [5.74, 6) is -0.846. The van der Waals surface area contributed by atoms with Crippen LogP contribution in [0.15, 0.2) is 18.2 Å². The van der Waals surface area contributed by atoms with Gasteiger partial charge in [0.15, 0.2) is 0 Å². The van der Waals surface area contributed by atoms with Crippen molar-refractivity contribution in [2.75, 3.05) is 11.4 Å². The number of nitrogens with zero attached hydrogens (tertiary/aromatic N) is 2. The van der Waals surface area contributed by atoms with Crippen LogP contribution in [0, 0.1) is 23.7 Å².